The topological polar surface area (TPSA) is 66.5 Å². The maximum Gasteiger partial charge on any atom is 0.234 e. The molecule has 0 bridgehead atoms. The van der Waals surface area contributed by atoms with Crippen molar-refractivity contribution in [1.82, 2.24) is 0 Å². The number of carbonyl (C=O) groups is 1. The van der Waals surface area contributed by atoms with Crippen molar-refractivity contribution in [1.29, 1.82) is 0 Å². The molecule has 1 amide bonds. The third-order valence-corrected chi connectivity index (χ3v) is 4.33. The summed E-state index contributed by atoms with van der Waals surface area (Å²) in [4.78, 5) is 14.0. The predicted molar refractivity (Wildman–Crippen MR) is 74.0 cm³/mol. The molecule has 1 aromatic rings. The molecule has 0 saturated carbocycles. The lowest BCUT2D eigenvalue weighted by Gasteiger charge is -2.26. The van der Waals surface area contributed by atoms with Gasteiger partial charge in [0.05, 0.1) is 17.9 Å². The van der Waals surface area contributed by atoms with Gasteiger partial charge in [0.2, 0.25) is 15.9 Å². The van der Waals surface area contributed by atoms with Crippen molar-refractivity contribution in [2.24, 2.45) is 0 Å². The van der Waals surface area contributed by atoms with E-state index in [1.165, 1.54) is 0 Å². The van der Waals surface area contributed by atoms with Crippen LogP contribution in [0.5, 0.6) is 0 Å². The second-order valence-corrected chi connectivity index (χ2v) is 7.01. The summed E-state index contributed by atoms with van der Waals surface area (Å²) in [6.45, 7) is 2.64. The number of anilines is 2. The average molecular weight is 280 g/mol. The molecule has 19 heavy (non-hydrogen) atoms. The lowest BCUT2D eigenvalue weighted by Crippen LogP contribution is -2.32. The van der Waals surface area contributed by atoms with Crippen molar-refractivity contribution in [2.75, 3.05) is 22.4 Å². The highest BCUT2D eigenvalue weighted by Gasteiger charge is 2.37. The number of aryl methyl sites for hydroxylation is 1. The van der Waals surface area contributed by atoms with Gasteiger partial charge < -0.3 is 4.90 Å². The highest BCUT2D eigenvalue weighted by Crippen LogP contribution is 2.44. The first-order valence-electron chi connectivity index (χ1n) is 6.33. The number of hydrogen-bond donors (Lipinski definition) is 1. The van der Waals surface area contributed by atoms with Crippen LogP contribution in [0, 0.1) is 0 Å². The first-order valence-corrected chi connectivity index (χ1v) is 8.22. The summed E-state index contributed by atoms with van der Waals surface area (Å²) >= 11 is 0. The van der Waals surface area contributed by atoms with Crippen molar-refractivity contribution in [2.45, 2.75) is 25.7 Å². The zero-order valence-electron chi connectivity index (χ0n) is 10.9. The molecule has 1 aromatic carbocycles. The minimum Gasteiger partial charge on any atom is -0.311 e. The van der Waals surface area contributed by atoms with Crippen LogP contribution in [0.25, 0.3) is 0 Å². The Balaban J connectivity index is 2.14. The maximum atomic E-state index is 12.2. The molecule has 0 saturated heterocycles. The molecule has 0 spiro atoms. The Labute approximate surface area is 112 Å². The van der Waals surface area contributed by atoms with Gasteiger partial charge in [0.25, 0.3) is 0 Å². The van der Waals surface area contributed by atoms with Crippen LogP contribution in [-0.2, 0) is 21.2 Å². The van der Waals surface area contributed by atoms with E-state index >= 15 is 0 Å². The smallest absolute Gasteiger partial charge is 0.234 e. The molecule has 0 radical (unpaired) electrons. The van der Waals surface area contributed by atoms with Crippen LogP contribution in [-0.4, -0.2) is 27.1 Å². The SMILES string of the molecule is C[C@@H]1C(=O)N2CCCc3cc(NS(C)(=O)=O)cc1c32. The molecule has 0 unspecified atom stereocenters. The van der Waals surface area contributed by atoms with Crippen molar-refractivity contribution in [3.8, 4) is 0 Å². The van der Waals surface area contributed by atoms with E-state index in [0.717, 1.165) is 42.5 Å². The molecule has 0 fully saturated rings. The van der Waals surface area contributed by atoms with Crippen LogP contribution >= 0.6 is 0 Å². The summed E-state index contributed by atoms with van der Waals surface area (Å²) < 4.78 is 25.2. The quantitative estimate of drug-likeness (QED) is 0.891. The van der Waals surface area contributed by atoms with Crippen molar-refractivity contribution in [3.05, 3.63) is 23.3 Å². The van der Waals surface area contributed by atoms with Gasteiger partial charge in [-0.3, -0.25) is 9.52 Å². The van der Waals surface area contributed by atoms with E-state index in [9.17, 15) is 13.2 Å². The molecular weight excluding hydrogens is 264 g/mol. The summed E-state index contributed by atoms with van der Waals surface area (Å²) in [5, 5.41) is 0. The molecule has 102 valence electrons. The van der Waals surface area contributed by atoms with Gasteiger partial charge in [0.1, 0.15) is 0 Å². The number of rotatable bonds is 2. The van der Waals surface area contributed by atoms with E-state index in [1.807, 2.05) is 17.9 Å². The number of nitrogens with zero attached hydrogens (tertiary/aromatic N) is 1. The monoisotopic (exact) mass is 280 g/mol. The molecule has 6 heteroatoms. The lowest BCUT2D eigenvalue weighted by atomic mass is 9.96. The third-order valence-electron chi connectivity index (χ3n) is 3.72. The van der Waals surface area contributed by atoms with Crippen LogP contribution in [0.2, 0.25) is 0 Å². The second-order valence-electron chi connectivity index (χ2n) is 5.26. The predicted octanol–water partition coefficient (Wildman–Crippen LogP) is 1.45. The summed E-state index contributed by atoms with van der Waals surface area (Å²) in [6.07, 6.45) is 2.94. The Kier molecular flexibility index (Phi) is 2.60. The molecule has 2 aliphatic heterocycles. The number of benzene rings is 1. The fraction of sp³-hybridized carbons (Fsp3) is 0.462. The first kappa shape index (κ1) is 12.5. The maximum absolute atomic E-state index is 12.2. The van der Waals surface area contributed by atoms with Crippen LogP contribution in [0.3, 0.4) is 0 Å². The number of hydrogen-bond acceptors (Lipinski definition) is 3. The molecule has 0 aliphatic carbocycles. The van der Waals surface area contributed by atoms with E-state index in [1.54, 1.807) is 6.07 Å². The van der Waals surface area contributed by atoms with Gasteiger partial charge in [-0.2, -0.15) is 0 Å². The Bertz CT molecular complexity index is 667. The summed E-state index contributed by atoms with van der Waals surface area (Å²) in [7, 11) is -3.29. The third kappa shape index (κ3) is 2.00. The van der Waals surface area contributed by atoms with Gasteiger partial charge in [0.15, 0.2) is 0 Å². The van der Waals surface area contributed by atoms with Crippen molar-refractivity contribution >= 4 is 27.3 Å². The van der Waals surface area contributed by atoms with Crippen molar-refractivity contribution < 1.29 is 13.2 Å². The van der Waals surface area contributed by atoms with Crippen LogP contribution in [0.15, 0.2) is 12.1 Å². The summed E-state index contributed by atoms with van der Waals surface area (Å²) in [5.41, 5.74) is 3.56. The Hall–Kier alpha value is -1.56. The normalized spacial score (nSPS) is 21.5. The van der Waals surface area contributed by atoms with Crippen LogP contribution < -0.4 is 9.62 Å². The Morgan fingerprint density at radius 1 is 1.37 bits per heavy atom. The molecule has 1 atom stereocenters. The molecule has 5 nitrogen and oxygen atoms in total. The highest BCUT2D eigenvalue weighted by atomic mass is 32.2. The molecule has 1 N–H and O–H groups in total. The van der Waals surface area contributed by atoms with E-state index < -0.39 is 10.0 Å². The minimum atomic E-state index is -3.29. The highest BCUT2D eigenvalue weighted by molar-refractivity contribution is 7.92. The second kappa shape index (κ2) is 3.96. The Morgan fingerprint density at radius 2 is 2.11 bits per heavy atom. The molecular formula is C13H16N2O3S. The minimum absolute atomic E-state index is 0.118. The summed E-state index contributed by atoms with van der Waals surface area (Å²) in [5.74, 6) is -0.0689. The molecule has 2 heterocycles. The molecule has 0 aromatic heterocycles. The molecule has 3 rings (SSSR count). The van der Waals surface area contributed by atoms with Gasteiger partial charge in [-0.15, -0.1) is 0 Å². The van der Waals surface area contributed by atoms with Gasteiger partial charge in [0, 0.05) is 12.2 Å². The van der Waals surface area contributed by atoms with Gasteiger partial charge in [-0.05, 0) is 43.0 Å². The number of nitrogens with one attached hydrogen (secondary N) is 1. The number of sulfonamides is 1. The van der Waals surface area contributed by atoms with Gasteiger partial charge in [-0.1, -0.05) is 0 Å². The van der Waals surface area contributed by atoms with E-state index in [4.69, 9.17) is 0 Å². The fourth-order valence-corrected chi connectivity index (χ4v) is 3.51. The van der Waals surface area contributed by atoms with E-state index in [-0.39, 0.29) is 11.8 Å². The Morgan fingerprint density at radius 3 is 2.79 bits per heavy atom. The summed E-state index contributed by atoms with van der Waals surface area (Å²) in [6, 6.07) is 3.63. The van der Waals surface area contributed by atoms with Crippen LogP contribution in [0.1, 0.15) is 30.4 Å². The molecule has 2 aliphatic rings. The fourth-order valence-electron chi connectivity index (χ4n) is 2.97. The zero-order chi connectivity index (χ0) is 13.8. The largest absolute Gasteiger partial charge is 0.311 e. The van der Waals surface area contributed by atoms with E-state index in [2.05, 4.69) is 4.72 Å². The van der Waals surface area contributed by atoms with Gasteiger partial charge >= 0.3 is 0 Å². The lowest BCUT2D eigenvalue weighted by molar-refractivity contribution is -0.119. The van der Waals surface area contributed by atoms with Crippen molar-refractivity contribution in [3.63, 3.8) is 0 Å². The number of amides is 1. The zero-order valence-corrected chi connectivity index (χ0v) is 11.8. The van der Waals surface area contributed by atoms with E-state index in [0.29, 0.717) is 5.69 Å². The number of carbonyl (C=O) groups excluding carboxylic acids is 1. The standard InChI is InChI=1S/C13H16N2O3S/c1-8-11-7-10(14-19(2,17)18)6-9-4-3-5-15(12(9)11)13(8)16/h6-8,14H,3-5H2,1-2H3/t8-/m0/s1. The average Bonchev–Trinajstić information content (AvgIpc) is 2.55. The first-order chi connectivity index (χ1) is 8.87. The van der Waals surface area contributed by atoms with Crippen LogP contribution in [0.4, 0.5) is 11.4 Å². The van der Waals surface area contributed by atoms with Gasteiger partial charge in [-0.25, -0.2) is 8.42 Å².